The monoisotopic (exact) mass is 391 g/mol. The number of thiophene rings is 1. The van der Waals surface area contributed by atoms with Crippen molar-refractivity contribution < 1.29 is 14.3 Å². The van der Waals surface area contributed by atoms with Crippen molar-refractivity contribution in [3.8, 4) is 0 Å². The Balaban J connectivity index is 1.49. The molecule has 0 bridgehead atoms. The molecular formula is C18H25N5O3S. The first kappa shape index (κ1) is 19.7. The molecule has 9 heteroatoms. The van der Waals surface area contributed by atoms with E-state index in [2.05, 4.69) is 20.3 Å². The van der Waals surface area contributed by atoms with Crippen LogP contribution in [-0.4, -0.2) is 63.7 Å². The van der Waals surface area contributed by atoms with Gasteiger partial charge in [0.2, 0.25) is 5.91 Å². The summed E-state index contributed by atoms with van der Waals surface area (Å²) in [6.45, 7) is 4.82. The van der Waals surface area contributed by atoms with E-state index in [4.69, 9.17) is 4.74 Å². The van der Waals surface area contributed by atoms with Gasteiger partial charge in [0.05, 0.1) is 18.1 Å². The second-order valence-corrected chi connectivity index (χ2v) is 7.59. The van der Waals surface area contributed by atoms with Crippen LogP contribution < -0.4 is 5.32 Å². The van der Waals surface area contributed by atoms with Gasteiger partial charge >= 0.3 is 0 Å². The average molecular weight is 391 g/mol. The van der Waals surface area contributed by atoms with E-state index in [1.54, 1.807) is 11.6 Å². The van der Waals surface area contributed by atoms with E-state index in [0.29, 0.717) is 32.6 Å². The average Bonchev–Trinajstić information content (AvgIpc) is 3.26. The second kappa shape index (κ2) is 9.20. The van der Waals surface area contributed by atoms with Crippen LogP contribution in [-0.2, 0) is 29.5 Å². The number of ether oxygens (including phenoxy) is 1. The van der Waals surface area contributed by atoms with Crippen LogP contribution >= 0.6 is 11.3 Å². The van der Waals surface area contributed by atoms with Gasteiger partial charge in [-0.15, -0.1) is 11.3 Å². The van der Waals surface area contributed by atoms with Crippen molar-refractivity contribution >= 4 is 23.0 Å². The highest BCUT2D eigenvalue weighted by Crippen LogP contribution is 2.20. The number of carbonyl (C=O) groups is 2. The predicted molar refractivity (Wildman–Crippen MR) is 102 cm³/mol. The summed E-state index contributed by atoms with van der Waals surface area (Å²) < 4.78 is 7.29. The Bertz CT molecular complexity index is 788. The summed E-state index contributed by atoms with van der Waals surface area (Å²) in [6.07, 6.45) is 2.55. The second-order valence-electron chi connectivity index (χ2n) is 6.68. The number of nitrogens with zero attached hydrogens (tertiary/aromatic N) is 4. The lowest BCUT2D eigenvalue weighted by Crippen LogP contribution is -2.47. The van der Waals surface area contributed by atoms with Gasteiger partial charge in [0.15, 0.2) is 5.78 Å². The standard InChI is InChI=1S/C18H25N5O3S/c1-13(24)16-7-14(11-27-16)9-23-5-6-26-10-15(23)8-18(25)19-4-3-17-20-12-21-22(17)2/h7,11-12,15H,3-6,8-10H2,1-2H3,(H,19,25)/t15-/m1/s1. The minimum absolute atomic E-state index is 0.00686. The highest BCUT2D eigenvalue weighted by molar-refractivity contribution is 7.12. The lowest BCUT2D eigenvalue weighted by Gasteiger charge is -2.35. The van der Waals surface area contributed by atoms with Crippen molar-refractivity contribution in [3.63, 3.8) is 0 Å². The van der Waals surface area contributed by atoms with Crippen molar-refractivity contribution in [1.82, 2.24) is 25.0 Å². The van der Waals surface area contributed by atoms with Gasteiger partial charge in [0.1, 0.15) is 12.2 Å². The maximum absolute atomic E-state index is 12.3. The number of ketones is 1. The van der Waals surface area contributed by atoms with Crippen LogP contribution in [0.1, 0.15) is 34.4 Å². The van der Waals surface area contributed by atoms with E-state index in [1.165, 1.54) is 17.7 Å². The molecule has 1 atom stereocenters. The van der Waals surface area contributed by atoms with Crippen LogP contribution in [0.4, 0.5) is 0 Å². The number of amides is 1. The third-order valence-electron chi connectivity index (χ3n) is 4.63. The Hall–Kier alpha value is -2.10. The fraction of sp³-hybridized carbons (Fsp3) is 0.556. The topological polar surface area (TPSA) is 89.3 Å². The van der Waals surface area contributed by atoms with Gasteiger partial charge in [-0.25, -0.2) is 4.98 Å². The quantitative estimate of drug-likeness (QED) is 0.676. The van der Waals surface area contributed by atoms with Gasteiger partial charge in [-0.1, -0.05) is 0 Å². The van der Waals surface area contributed by atoms with Crippen molar-refractivity contribution in [2.24, 2.45) is 7.05 Å². The van der Waals surface area contributed by atoms with Crippen LogP contribution in [0.2, 0.25) is 0 Å². The molecule has 0 unspecified atom stereocenters. The molecule has 2 aromatic rings. The molecule has 1 aliphatic rings. The molecule has 0 radical (unpaired) electrons. The predicted octanol–water partition coefficient (Wildman–Crippen LogP) is 1.03. The summed E-state index contributed by atoms with van der Waals surface area (Å²) in [7, 11) is 1.84. The molecule has 1 fully saturated rings. The zero-order valence-electron chi connectivity index (χ0n) is 15.7. The minimum atomic E-state index is 0.00686. The Morgan fingerprint density at radius 3 is 3.00 bits per heavy atom. The summed E-state index contributed by atoms with van der Waals surface area (Å²) in [5.74, 6) is 0.941. The number of nitrogens with one attached hydrogen (secondary N) is 1. The van der Waals surface area contributed by atoms with Gasteiger partial charge in [0.25, 0.3) is 0 Å². The lowest BCUT2D eigenvalue weighted by molar-refractivity contribution is -0.124. The number of hydrogen-bond acceptors (Lipinski definition) is 7. The molecule has 0 saturated carbocycles. The number of morpholine rings is 1. The smallest absolute Gasteiger partial charge is 0.221 e. The van der Waals surface area contributed by atoms with Gasteiger partial charge < -0.3 is 10.1 Å². The van der Waals surface area contributed by atoms with Crippen molar-refractivity contribution in [2.45, 2.75) is 32.4 Å². The van der Waals surface area contributed by atoms with Crippen LogP contribution in [0.3, 0.4) is 0 Å². The van der Waals surface area contributed by atoms with Crippen LogP contribution in [0, 0.1) is 0 Å². The zero-order valence-corrected chi connectivity index (χ0v) is 16.5. The van der Waals surface area contributed by atoms with Crippen molar-refractivity contribution in [1.29, 1.82) is 0 Å². The Morgan fingerprint density at radius 1 is 1.44 bits per heavy atom. The first-order valence-corrected chi connectivity index (χ1v) is 9.90. The van der Waals surface area contributed by atoms with E-state index in [1.807, 2.05) is 18.5 Å². The molecule has 0 aliphatic carbocycles. The van der Waals surface area contributed by atoms with Gasteiger partial charge in [-0.05, 0) is 23.9 Å². The number of aromatic nitrogens is 3. The first-order valence-electron chi connectivity index (χ1n) is 9.02. The fourth-order valence-corrected chi connectivity index (χ4v) is 3.92. The minimum Gasteiger partial charge on any atom is -0.378 e. The Kier molecular flexibility index (Phi) is 6.70. The third kappa shape index (κ3) is 5.44. The van der Waals surface area contributed by atoms with Crippen LogP contribution in [0.25, 0.3) is 0 Å². The Morgan fingerprint density at radius 2 is 2.30 bits per heavy atom. The summed E-state index contributed by atoms with van der Waals surface area (Å²) in [5.41, 5.74) is 1.11. The zero-order chi connectivity index (χ0) is 19.2. The van der Waals surface area contributed by atoms with Crippen LogP contribution in [0.15, 0.2) is 17.8 Å². The number of aryl methyl sites for hydroxylation is 1. The third-order valence-corrected chi connectivity index (χ3v) is 5.71. The van der Waals surface area contributed by atoms with Crippen molar-refractivity contribution in [3.05, 3.63) is 34.0 Å². The largest absolute Gasteiger partial charge is 0.378 e. The maximum Gasteiger partial charge on any atom is 0.221 e. The number of rotatable bonds is 8. The van der Waals surface area contributed by atoms with Crippen molar-refractivity contribution in [2.75, 3.05) is 26.3 Å². The first-order chi connectivity index (χ1) is 13.0. The molecule has 0 spiro atoms. The lowest BCUT2D eigenvalue weighted by atomic mass is 10.1. The van der Waals surface area contributed by atoms with E-state index < -0.39 is 0 Å². The molecule has 1 saturated heterocycles. The molecule has 3 heterocycles. The van der Waals surface area contributed by atoms with Gasteiger partial charge in [-0.3, -0.25) is 19.2 Å². The van der Waals surface area contributed by atoms with Gasteiger partial charge in [-0.2, -0.15) is 5.10 Å². The van der Waals surface area contributed by atoms with E-state index in [0.717, 1.165) is 29.4 Å². The molecule has 8 nitrogen and oxygen atoms in total. The summed E-state index contributed by atoms with van der Waals surface area (Å²) in [4.78, 5) is 31.0. The van der Waals surface area contributed by atoms with E-state index in [-0.39, 0.29) is 17.7 Å². The molecule has 1 aliphatic heterocycles. The normalized spacial score (nSPS) is 17.8. The summed E-state index contributed by atoms with van der Waals surface area (Å²) in [5, 5.41) is 8.99. The van der Waals surface area contributed by atoms with Crippen LogP contribution in [0.5, 0.6) is 0 Å². The molecule has 2 aromatic heterocycles. The molecule has 27 heavy (non-hydrogen) atoms. The van der Waals surface area contributed by atoms with Gasteiger partial charge in [0, 0.05) is 45.6 Å². The highest BCUT2D eigenvalue weighted by Gasteiger charge is 2.25. The molecule has 0 aromatic carbocycles. The number of Topliss-reactive ketones (excluding diaryl/α,β-unsaturated/α-hetero) is 1. The highest BCUT2D eigenvalue weighted by atomic mass is 32.1. The molecule has 1 N–H and O–H groups in total. The maximum atomic E-state index is 12.3. The number of hydrogen-bond donors (Lipinski definition) is 1. The molecule has 3 rings (SSSR count). The molecular weight excluding hydrogens is 366 g/mol. The molecule has 146 valence electrons. The fourth-order valence-electron chi connectivity index (χ4n) is 3.11. The summed E-state index contributed by atoms with van der Waals surface area (Å²) >= 11 is 1.47. The molecule has 1 amide bonds. The van der Waals surface area contributed by atoms with E-state index in [9.17, 15) is 9.59 Å². The SMILES string of the molecule is CC(=O)c1cc(CN2CCOC[C@H]2CC(=O)NCCc2ncnn2C)cs1. The summed E-state index contributed by atoms with van der Waals surface area (Å²) in [6, 6.07) is 1.98. The van der Waals surface area contributed by atoms with E-state index >= 15 is 0 Å². The number of carbonyl (C=O) groups excluding carboxylic acids is 2. The Labute approximate surface area is 162 Å².